The van der Waals surface area contributed by atoms with Gasteiger partial charge in [-0.25, -0.2) is 15.0 Å². The Morgan fingerprint density at radius 2 is 2.03 bits per heavy atom. The van der Waals surface area contributed by atoms with Gasteiger partial charge >= 0.3 is 0 Å². The number of aromatic nitrogens is 6. The summed E-state index contributed by atoms with van der Waals surface area (Å²) in [6.45, 7) is 6.05. The number of rotatable bonds is 3. The number of carbonyl (C=O) groups is 2. The van der Waals surface area contributed by atoms with Crippen molar-refractivity contribution < 1.29 is 9.59 Å². The summed E-state index contributed by atoms with van der Waals surface area (Å²) in [5.74, 6) is 1.64. The van der Waals surface area contributed by atoms with Crippen molar-refractivity contribution >= 4 is 28.5 Å². The smallest absolute Gasteiger partial charge is 0.236 e. The average Bonchev–Trinajstić information content (AvgIpc) is 3.61. The molecule has 0 saturated carbocycles. The predicted octanol–water partition coefficient (Wildman–Crippen LogP) is 3.01. The molecule has 7 rings (SSSR count). The van der Waals surface area contributed by atoms with Crippen LogP contribution in [0, 0.1) is 6.92 Å². The molecule has 38 heavy (non-hydrogen) atoms. The molecular weight excluding hydrogens is 480 g/mol. The molecule has 6 heterocycles. The molecule has 0 radical (unpaired) electrons. The summed E-state index contributed by atoms with van der Waals surface area (Å²) in [4.78, 5) is 41.8. The molecular formula is C28H30N8O2. The first kappa shape index (κ1) is 23.1. The molecule has 0 unspecified atom stereocenters. The number of nitrogens with zero attached hydrogens (tertiary/aromatic N) is 6. The Morgan fingerprint density at radius 3 is 2.84 bits per heavy atom. The molecule has 0 aliphatic carbocycles. The number of anilines is 1. The Labute approximate surface area is 219 Å². The summed E-state index contributed by atoms with van der Waals surface area (Å²) in [6, 6.07) is 2.24. The van der Waals surface area contributed by atoms with Crippen molar-refractivity contribution in [1.29, 1.82) is 0 Å². The molecule has 1 aromatic carbocycles. The molecule has 2 amide bonds. The van der Waals surface area contributed by atoms with Gasteiger partial charge in [0.15, 0.2) is 0 Å². The number of amides is 2. The van der Waals surface area contributed by atoms with Crippen molar-refractivity contribution in [1.82, 2.24) is 34.6 Å². The second kappa shape index (κ2) is 8.47. The van der Waals surface area contributed by atoms with E-state index in [0.717, 1.165) is 47.2 Å². The number of fused-ring (bicyclic) bond motifs is 6. The van der Waals surface area contributed by atoms with Crippen LogP contribution < -0.4 is 5.32 Å². The molecule has 3 aliphatic heterocycles. The van der Waals surface area contributed by atoms with Gasteiger partial charge in [-0.3, -0.25) is 14.7 Å². The highest BCUT2D eigenvalue weighted by atomic mass is 16.2. The van der Waals surface area contributed by atoms with Crippen LogP contribution in [0.3, 0.4) is 0 Å². The normalized spacial score (nSPS) is 19.7. The molecule has 2 N–H and O–H groups in total. The van der Waals surface area contributed by atoms with Gasteiger partial charge in [0.2, 0.25) is 11.8 Å². The lowest BCUT2D eigenvalue weighted by Crippen LogP contribution is -2.48. The summed E-state index contributed by atoms with van der Waals surface area (Å²) in [6.07, 6.45) is 10.2. The van der Waals surface area contributed by atoms with Gasteiger partial charge < -0.3 is 14.8 Å². The predicted molar refractivity (Wildman–Crippen MR) is 141 cm³/mol. The van der Waals surface area contributed by atoms with Gasteiger partial charge in [-0.1, -0.05) is 13.0 Å². The minimum Gasteiger partial charge on any atom is -0.343 e. The highest BCUT2D eigenvalue weighted by Crippen LogP contribution is 2.44. The molecule has 1 atom stereocenters. The van der Waals surface area contributed by atoms with Crippen molar-refractivity contribution in [2.45, 2.75) is 63.8 Å². The summed E-state index contributed by atoms with van der Waals surface area (Å²) in [7, 11) is 0. The zero-order valence-electron chi connectivity index (χ0n) is 21.6. The molecule has 10 heteroatoms. The maximum Gasteiger partial charge on any atom is 0.236 e. The van der Waals surface area contributed by atoms with E-state index in [1.807, 2.05) is 17.3 Å². The maximum absolute atomic E-state index is 13.7. The minimum absolute atomic E-state index is 0.0207. The molecule has 3 aromatic heterocycles. The van der Waals surface area contributed by atoms with Crippen molar-refractivity contribution in [3.05, 3.63) is 64.8 Å². The van der Waals surface area contributed by atoms with E-state index in [-0.39, 0.29) is 17.7 Å². The fourth-order valence-electron chi connectivity index (χ4n) is 6.78. The van der Waals surface area contributed by atoms with Crippen LogP contribution in [0.4, 0.5) is 5.82 Å². The van der Waals surface area contributed by atoms with E-state index in [2.05, 4.69) is 50.0 Å². The molecule has 1 spiro atoms. The number of imidazole rings is 1. The van der Waals surface area contributed by atoms with Crippen molar-refractivity contribution in [3.8, 4) is 0 Å². The number of aromatic amines is 1. The quantitative estimate of drug-likeness (QED) is 0.437. The van der Waals surface area contributed by atoms with Crippen LogP contribution in [0.1, 0.15) is 65.9 Å². The molecule has 0 bridgehead atoms. The van der Waals surface area contributed by atoms with Gasteiger partial charge in [-0.15, -0.1) is 0 Å². The third kappa shape index (κ3) is 3.32. The number of aryl methyl sites for hydroxylation is 2. The Hall–Kier alpha value is -4.08. The van der Waals surface area contributed by atoms with Crippen LogP contribution in [0.15, 0.2) is 31.0 Å². The van der Waals surface area contributed by atoms with Gasteiger partial charge in [0.25, 0.3) is 0 Å². The number of benzene rings is 1. The summed E-state index contributed by atoms with van der Waals surface area (Å²) >= 11 is 0. The topological polar surface area (TPSA) is 122 Å². The monoisotopic (exact) mass is 510 g/mol. The van der Waals surface area contributed by atoms with Crippen molar-refractivity contribution in [3.63, 3.8) is 0 Å². The molecule has 4 aromatic rings. The van der Waals surface area contributed by atoms with Crippen LogP contribution in [-0.2, 0) is 34.4 Å². The Balaban J connectivity index is 1.16. The zero-order chi connectivity index (χ0) is 26.0. The lowest BCUT2D eigenvalue weighted by Gasteiger charge is -2.38. The van der Waals surface area contributed by atoms with E-state index in [9.17, 15) is 9.59 Å². The van der Waals surface area contributed by atoms with Crippen molar-refractivity contribution in [2.75, 3.05) is 18.4 Å². The SMILES string of the molecule is CCc1cnc2n1Cc1c(cc(C)c3[nH]ncc13)C[C@H]2CC(=O)N1CCC2(CC1)C(=O)Nc1ncncc12. The van der Waals surface area contributed by atoms with Gasteiger partial charge in [0.1, 0.15) is 18.0 Å². The van der Waals surface area contributed by atoms with E-state index in [1.165, 1.54) is 23.1 Å². The number of nitrogens with one attached hydrogen (secondary N) is 2. The summed E-state index contributed by atoms with van der Waals surface area (Å²) in [5, 5.41) is 11.5. The second-order valence-electron chi connectivity index (χ2n) is 10.8. The van der Waals surface area contributed by atoms with Gasteiger partial charge in [0.05, 0.1) is 23.7 Å². The molecule has 1 fully saturated rings. The third-order valence-corrected chi connectivity index (χ3v) is 8.90. The Kier molecular flexibility index (Phi) is 5.14. The van der Waals surface area contributed by atoms with Gasteiger partial charge in [-0.05, 0) is 49.3 Å². The number of hydrogen-bond donors (Lipinski definition) is 2. The van der Waals surface area contributed by atoms with Crippen LogP contribution in [0.5, 0.6) is 0 Å². The lowest BCUT2D eigenvalue weighted by atomic mass is 9.74. The molecule has 194 valence electrons. The molecule has 3 aliphatic rings. The fourth-order valence-corrected chi connectivity index (χ4v) is 6.78. The number of carbonyl (C=O) groups excluding carboxylic acids is 2. The van der Waals surface area contributed by atoms with Gasteiger partial charge in [-0.2, -0.15) is 5.10 Å². The first-order chi connectivity index (χ1) is 18.5. The Morgan fingerprint density at radius 1 is 1.18 bits per heavy atom. The van der Waals surface area contributed by atoms with E-state index in [0.29, 0.717) is 38.2 Å². The van der Waals surface area contributed by atoms with E-state index in [1.54, 1.807) is 6.20 Å². The van der Waals surface area contributed by atoms with E-state index < -0.39 is 5.41 Å². The van der Waals surface area contributed by atoms with Crippen LogP contribution in [0.2, 0.25) is 0 Å². The zero-order valence-corrected chi connectivity index (χ0v) is 21.6. The number of hydrogen-bond acceptors (Lipinski definition) is 6. The first-order valence-electron chi connectivity index (χ1n) is 13.4. The van der Waals surface area contributed by atoms with Crippen LogP contribution in [0.25, 0.3) is 10.9 Å². The molecule has 1 saturated heterocycles. The third-order valence-electron chi connectivity index (χ3n) is 8.90. The maximum atomic E-state index is 13.7. The highest BCUT2D eigenvalue weighted by Gasteiger charge is 2.50. The second-order valence-corrected chi connectivity index (χ2v) is 10.8. The molecule has 10 nitrogen and oxygen atoms in total. The lowest BCUT2D eigenvalue weighted by molar-refractivity contribution is -0.135. The minimum atomic E-state index is -0.644. The Bertz CT molecular complexity index is 1590. The van der Waals surface area contributed by atoms with Crippen molar-refractivity contribution in [2.24, 2.45) is 0 Å². The van der Waals surface area contributed by atoms with E-state index in [4.69, 9.17) is 4.98 Å². The fraction of sp³-hybridized carbons (Fsp3) is 0.429. The summed E-state index contributed by atoms with van der Waals surface area (Å²) < 4.78 is 2.30. The van der Waals surface area contributed by atoms with Crippen LogP contribution in [-0.4, -0.2) is 59.5 Å². The first-order valence-corrected chi connectivity index (χ1v) is 13.4. The number of likely N-dealkylation sites (tertiary alicyclic amines) is 1. The number of H-pyrrole nitrogens is 1. The average molecular weight is 511 g/mol. The van der Waals surface area contributed by atoms with E-state index >= 15 is 0 Å². The summed E-state index contributed by atoms with van der Waals surface area (Å²) in [5.41, 5.74) is 6.15. The van der Waals surface area contributed by atoms with Crippen LogP contribution >= 0.6 is 0 Å². The van der Waals surface area contributed by atoms with Gasteiger partial charge in [0, 0.05) is 54.5 Å². The highest BCUT2D eigenvalue weighted by molar-refractivity contribution is 6.05. The number of piperidine rings is 1. The largest absolute Gasteiger partial charge is 0.343 e. The standard InChI is InChI=1S/C28H30N8O2/c1-3-19-11-30-26-18(9-17-8-16(2)24-20(12-32-34-24)21(17)14-36(19)26)10-23(37)35-6-4-28(5-7-35)22-13-29-15-31-25(22)33-27(28)38/h8,11-13,15,18H,3-7,9-10,14H2,1-2H3,(H,32,34)(H,29,31,33,38)/t18-/m0/s1.